The molecule has 0 aliphatic carbocycles. The SMILES string of the molecule is CC(C)(C)c1cc2ncc(CC(C)(C)c3cc4ncccc4[nH]3)cc2o1. The van der Waals surface area contributed by atoms with E-state index in [0.717, 1.165) is 34.3 Å². The van der Waals surface area contributed by atoms with E-state index in [1.807, 2.05) is 24.5 Å². The van der Waals surface area contributed by atoms with Crippen molar-refractivity contribution < 1.29 is 4.42 Å². The van der Waals surface area contributed by atoms with Gasteiger partial charge in [-0.05, 0) is 36.2 Å². The number of rotatable bonds is 3. The second-order valence-corrected chi connectivity index (χ2v) is 8.77. The Balaban J connectivity index is 1.66. The fourth-order valence-corrected chi connectivity index (χ4v) is 3.35. The van der Waals surface area contributed by atoms with E-state index in [2.05, 4.69) is 67.8 Å². The van der Waals surface area contributed by atoms with Gasteiger partial charge in [0.1, 0.15) is 11.3 Å². The first kappa shape index (κ1) is 16.8. The van der Waals surface area contributed by atoms with E-state index in [1.54, 1.807) is 0 Å². The van der Waals surface area contributed by atoms with E-state index in [1.165, 1.54) is 11.3 Å². The van der Waals surface area contributed by atoms with Crippen molar-refractivity contribution in [2.75, 3.05) is 0 Å². The summed E-state index contributed by atoms with van der Waals surface area (Å²) in [6.45, 7) is 10.9. The Labute approximate surface area is 153 Å². The third kappa shape index (κ3) is 3.00. The summed E-state index contributed by atoms with van der Waals surface area (Å²) in [5.41, 5.74) is 6.14. The van der Waals surface area contributed by atoms with Crippen molar-refractivity contribution in [3.8, 4) is 0 Å². The van der Waals surface area contributed by atoms with Crippen LogP contribution in [0.3, 0.4) is 0 Å². The molecule has 26 heavy (non-hydrogen) atoms. The highest BCUT2D eigenvalue weighted by Crippen LogP contribution is 2.32. The average Bonchev–Trinajstić information content (AvgIpc) is 3.18. The Morgan fingerprint density at radius 1 is 1.00 bits per heavy atom. The number of fused-ring (bicyclic) bond motifs is 2. The predicted octanol–water partition coefficient (Wildman–Crippen LogP) is 5.52. The predicted molar refractivity (Wildman–Crippen MR) is 106 cm³/mol. The normalized spacial score (nSPS) is 13.0. The molecule has 4 rings (SSSR count). The lowest BCUT2D eigenvalue weighted by molar-refractivity contribution is 0.429. The van der Waals surface area contributed by atoms with Crippen LogP contribution >= 0.6 is 0 Å². The van der Waals surface area contributed by atoms with E-state index in [4.69, 9.17) is 4.42 Å². The summed E-state index contributed by atoms with van der Waals surface area (Å²) in [4.78, 5) is 12.6. The monoisotopic (exact) mass is 347 g/mol. The number of furan rings is 1. The summed E-state index contributed by atoms with van der Waals surface area (Å²) in [5, 5.41) is 0. The molecule has 134 valence electrons. The highest BCUT2D eigenvalue weighted by atomic mass is 16.3. The van der Waals surface area contributed by atoms with Gasteiger partial charge in [-0.2, -0.15) is 0 Å². The molecule has 0 aliphatic rings. The average molecular weight is 347 g/mol. The molecule has 0 atom stereocenters. The number of aromatic nitrogens is 3. The largest absolute Gasteiger partial charge is 0.459 e. The van der Waals surface area contributed by atoms with Crippen LogP contribution in [0, 0.1) is 0 Å². The van der Waals surface area contributed by atoms with Crippen molar-refractivity contribution in [2.24, 2.45) is 0 Å². The van der Waals surface area contributed by atoms with Gasteiger partial charge in [-0.25, -0.2) is 0 Å². The molecule has 4 aromatic heterocycles. The molecule has 0 aliphatic heterocycles. The van der Waals surface area contributed by atoms with Gasteiger partial charge in [-0.1, -0.05) is 34.6 Å². The summed E-state index contributed by atoms with van der Waals surface area (Å²) >= 11 is 0. The Hall–Kier alpha value is -2.62. The molecule has 4 nitrogen and oxygen atoms in total. The van der Waals surface area contributed by atoms with Crippen molar-refractivity contribution in [2.45, 2.75) is 51.9 Å². The highest BCUT2D eigenvalue weighted by molar-refractivity contribution is 5.76. The van der Waals surface area contributed by atoms with E-state index < -0.39 is 0 Å². The fraction of sp³-hybridized carbons (Fsp3) is 0.364. The smallest absolute Gasteiger partial charge is 0.153 e. The first-order valence-electron chi connectivity index (χ1n) is 9.06. The van der Waals surface area contributed by atoms with E-state index >= 15 is 0 Å². The molecule has 4 aromatic rings. The number of nitrogens with zero attached hydrogens (tertiary/aromatic N) is 2. The zero-order chi connectivity index (χ0) is 18.5. The maximum absolute atomic E-state index is 6.06. The van der Waals surface area contributed by atoms with E-state index in [-0.39, 0.29) is 10.8 Å². The molecule has 0 saturated carbocycles. The summed E-state index contributed by atoms with van der Waals surface area (Å²) in [5.74, 6) is 0.970. The van der Waals surface area contributed by atoms with Crippen LogP contribution in [0.1, 0.15) is 51.6 Å². The first-order chi connectivity index (χ1) is 12.2. The van der Waals surface area contributed by atoms with Gasteiger partial charge in [0.05, 0.1) is 11.0 Å². The number of H-pyrrole nitrogens is 1. The lowest BCUT2D eigenvalue weighted by Gasteiger charge is -2.23. The molecule has 0 spiro atoms. The van der Waals surface area contributed by atoms with E-state index in [9.17, 15) is 0 Å². The number of hydrogen-bond acceptors (Lipinski definition) is 3. The summed E-state index contributed by atoms with van der Waals surface area (Å²) in [6.07, 6.45) is 4.66. The minimum absolute atomic E-state index is 0.0164. The molecule has 4 heterocycles. The summed E-state index contributed by atoms with van der Waals surface area (Å²) in [6, 6.07) is 10.3. The topological polar surface area (TPSA) is 54.7 Å². The minimum atomic E-state index is -0.0600. The van der Waals surface area contributed by atoms with Crippen LogP contribution in [0.15, 0.2) is 47.1 Å². The molecule has 0 saturated heterocycles. The second-order valence-electron chi connectivity index (χ2n) is 8.77. The van der Waals surface area contributed by atoms with Gasteiger partial charge in [-0.3, -0.25) is 9.97 Å². The van der Waals surface area contributed by atoms with Crippen molar-refractivity contribution in [1.82, 2.24) is 15.0 Å². The summed E-state index contributed by atoms with van der Waals surface area (Å²) in [7, 11) is 0. The molecule has 4 heteroatoms. The van der Waals surface area contributed by atoms with Gasteiger partial charge in [0, 0.05) is 35.0 Å². The van der Waals surface area contributed by atoms with Crippen molar-refractivity contribution in [1.29, 1.82) is 0 Å². The van der Waals surface area contributed by atoms with Gasteiger partial charge in [0.15, 0.2) is 5.58 Å². The Morgan fingerprint density at radius 2 is 1.81 bits per heavy atom. The zero-order valence-corrected chi connectivity index (χ0v) is 16.1. The first-order valence-corrected chi connectivity index (χ1v) is 9.06. The molecule has 1 N–H and O–H groups in total. The van der Waals surface area contributed by atoms with Crippen molar-refractivity contribution in [3.05, 3.63) is 59.7 Å². The number of hydrogen-bond donors (Lipinski definition) is 1. The van der Waals surface area contributed by atoms with Gasteiger partial charge in [0.25, 0.3) is 0 Å². The fourth-order valence-electron chi connectivity index (χ4n) is 3.35. The van der Waals surface area contributed by atoms with Crippen LogP contribution in [-0.4, -0.2) is 15.0 Å². The molecular formula is C22H25N3O. The van der Waals surface area contributed by atoms with Crippen LogP contribution in [0.2, 0.25) is 0 Å². The second kappa shape index (κ2) is 5.70. The van der Waals surface area contributed by atoms with Gasteiger partial charge in [-0.15, -0.1) is 0 Å². The Morgan fingerprint density at radius 3 is 2.54 bits per heavy atom. The lowest BCUT2D eigenvalue weighted by Crippen LogP contribution is -2.21. The third-order valence-corrected chi connectivity index (χ3v) is 4.93. The summed E-state index contributed by atoms with van der Waals surface area (Å²) < 4.78 is 6.06. The molecule has 0 bridgehead atoms. The van der Waals surface area contributed by atoms with Crippen LogP contribution in [0.5, 0.6) is 0 Å². The van der Waals surface area contributed by atoms with Crippen LogP contribution < -0.4 is 0 Å². The number of nitrogens with one attached hydrogen (secondary N) is 1. The number of aromatic amines is 1. The van der Waals surface area contributed by atoms with Crippen LogP contribution in [0.25, 0.3) is 22.1 Å². The maximum atomic E-state index is 6.06. The van der Waals surface area contributed by atoms with Crippen LogP contribution in [0.4, 0.5) is 0 Å². The van der Waals surface area contributed by atoms with Gasteiger partial charge in [0.2, 0.25) is 0 Å². The van der Waals surface area contributed by atoms with Gasteiger partial charge < -0.3 is 9.40 Å². The molecule has 0 aromatic carbocycles. The number of pyridine rings is 2. The molecular weight excluding hydrogens is 322 g/mol. The van der Waals surface area contributed by atoms with Crippen molar-refractivity contribution >= 4 is 22.1 Å². The zero-order valence-electron chi connectivity index (χ0n) is 16.1. The van der Waals surface area contributed by atoms with Crippen LogP contribution in [-0.2, 0) is 17.3 Å². The standard InChI is InChI=1S/C22H25N3O/c1-21(2,3)20-11-17-18(26-20)9-14(13-24-17)12-22(4,5)19-10-16-15(25-19)7-6-8-23-16/h6-11,13,25H,12H2,1-5H3. The lowest BCUT2D eigenvalue weighted by atomic mass is 9.83. The quantitative estimate of drug-likeness (QED) is 0.531. The Kier molecular flexibility index (Phi) is 3.69. The molecule has 0 unspecified atom stereocenters. The minimum Gasteiger partial charge on any atom is -0.459 e. The molecule has 0 fully saturated rings. The molecule has 0 radical (unpaired) electrons. The van der Waals surface area contributed by atoms with Gasteiger partial charge >= 0.3 is 0 Å². The third-order valence-electron chi connectivity index (χ3n) is 4.93. The highest BCUT2D eigenvalue weighted by Gasteiger charge is 2.25. The Bertz CT molecular complexity index is 1050. The molecule has 0 amide bonds. The van der Waals surface area contributed by atoms with E-state index in [0.29, 0.717) is 0 Å². The van der Waals surface area contributed by atoms with Crippen molar-refractivity contribution in [3.63, 3.8) is 0 Å². The maximum Gasteiger partial charge on any atom is 0.153 e.